The lowest BCUT2D eigenvalue weighted by molar-refractivity contribution is 0.0176. The van der Waals surface area contributed by atoms with Gasteiger partial charge in [-0.25, -0.2) is 0 Å². The maximum atomic E-state index is 5.77. The number of hydrogen-bond acceptors (Lipinski definition) is 5. The molecule has 1 aliphatic heterocycles. The maximum absolute atomic E-state index is 5.77. The van der Waals surface area contributed by atoms with Crippen LogP contribution in [0, 0.1) is 12.8 Å². The Morgan fingerprint density at radius 3 is 2.75 bits per heavy atom. The first-order chi connectivity index (χ1) is 13.2. The Kier molecular flexibility index (Phi) is 10.5. The van der Waals surface area contributed by atoms with Crippen LogP contribution in [-0.4, -0.2) is 82.5 Å². The van der Waals surface area contributed by atoms with E-state index in [4.69, 9.17) is 9.47 Å². The normalized spacial score (nSPS) is 19.2. The van der Waals surface area contributed by atoms with Crippen LogP contribution in [-0.2, 0) is 9.47 Å². The molecule has 1 saturated heterocycles. The van der Waals surface area contributed by atoms with Gasteiger partial charge in [0.25, 0.3) is 0 Å². The number of aliphatic imine (C=N–C) groups is 1. The van der Waals surface area contributed by atoms with E-state index >= 15 is 0 Å². The molecule has 1 N–H and O–H groups in total. The SMILES string of the molecule is CN=C(NCC(c1ccc(C)s1)N1CCOCC1)N(C)CCOCC1CC1.I. The van der Waals surface area contributed by atoms with Gasteiger partial charge in [0.1, 0.15) is 0 Å². The van der Waals surface area contributed by atoms with Crippen molar-refractivity contribution in [3.8, 4) is 0 Å². The molecule has 28 heavy (non-hydrogen) atoms. The molecule has 1 saturated carbocycles. The molecule has 1 aliphatic carbocycles. The van der Waals surface area contributed by atoms with E-state index in [0.29, 0.717) is 6.04 Å². The highest BCUT2D eigenvalue weighted by Gasteiger charge is 2.24. The predicted molar refractivity (Wildman–Crippen MR) is 127 cm³/mol. The number of halogens is 1. The molecule has 2 aliphatic rings. The van der Waals surface area contributed by atoms with Gasteiger partial charge in [-0.3, -0.25) is 9.89 Å². The lowest BCUT2D eigenvalue weighted by Crippen LogP contribution is -2.47. The van der Waals surface area contributed by atoms with Gasteiger partial charge in [0.2, 0.25) is 0 Å². The van der Waals surface area contributed by atoms with E-state index in [1.165, 1.54) is 22.6 Å². The molecule has 2 heterocycles. The minimum absolute atomic E-state index is 0. The lowest BCUT2D eigenvalue weighted by atomic mass is 10.2. The highest BCUT2D eigenvalue weighted by atomic mass is 127. The predicted octanol–water partition coefficient (Wildman–Crippen LogP) is 2.98. The molecule has 6 nitrogen and oxygen atoms in total. The standard InChI is InChI=1S/C20H34N4O2S.HI/c1-16-4-7-19(27-16)18(24-9-12-25-13-10-24)14-22-20(21-2)23(3)8-11-26-15-17-5-6-17;/h4,7,17-18H,5-6,8-15H2,1-3H3,(H,21,22);1H. The van der Waals surface area contributed by atoms with Gasteiger partial charge >= 0.3 is 0 Å². The topological polar surface area (TPSA) is 49.3 Å². The van der Waals surface area contributed by atoms with Crippen molar-refractivity contribution in [1.29, 1.82) is 0 Å². The van der Waals surface area contributed by atoms with E-state index in [9.17, 15) is 0 Å². The number of nitrogens with one attached hydrogen (secondary N) is 1. The van der Waals surface area contributed by atoms with E-state index in [1.54, 1.807) is 0 Å². The van der Waals surface area contributed by atoms with E-state index < -0.39 is 0 Å². The maximum Gasteiger partial charge on any atom is 0.193 e. The fraction of sp³-hybridized carbons (Fsp3) is 0.750. The molecule has 0 bridgehead atoms. The van der Waals surface area contributed by atoms with E-state index in [1.807, 2.05) is 18.4 Å². The minimum Gasteiger partial charge on any atom is -0.379 e. The monoisotopic (exact) mass is 522 g/mol. The number of guanidine groups is 1. The molecule has 8 heteroatoms. The average molecular weight is 522 g/mol. The molecule has 1 aromatic rings. The summed E-state index contributed by atoms with van der Waals surface area (Å²) in [4.78, 5) is 11.9. The van der Waals surface area contributed by atoms with Crippen LogP contribution in [0.3, 0.4) is 0 Å². The second-order valence-electron chi connectivity index (χ2n) is 7.48. The number of aryl methyl sites for hydroxylation is 1. The molecule has 3 rings (SSSR count). The summed E-state index contributed by atoms with van der Waals surface area (Å²) in [5.74, 6) is 1.74. The number of thiophene rings is 1. The molecule has 1 unspecified atom stereocenters. The van der Waals surface area contributed by atoms with E-state index in [0.717, 1.165) is 64.5 Å². The van der Waals surface area contributed by atoms with Crippen LogP contribution >= 0.6 is 35.3 Å². The fourth-order valence-electron chi connectivity index (χ4n) is 3.35. The van der Waals surface area contributed by atoms with Crippen molar-refractivity contribution in [2.75, 3.05) is 66.7 Å². The van der Waals surface area contributed by atoms with Gasteiger partial charge in [-0.05, 0) is 37.8 Å². The summed E-state index contributed by atoms with van der Waals surface area (Å²) >= 11 is 1.89. The quantitative estimate of drug-likeness (QED) is 0.234. The van der Waals surface area contributed by atoms with Gasteiger partial charge in [0, 0.05) is 56.6 Å². The van der Waals surface area contributed by atoms with Crippen molar-refractivity contribution < 1.29 is 9.47 Å². The van der Waals surface area contributed by atoms with Crippen LogP contribution in [0.5, 0.6) is 0 Å². The Balaban J connectivity index is 0.00000280. The smallest absolute Gasteiger partial charge is 0.193 e. The van der Waals surface area contributed by atoms with Crippen molar-refractivity contribution in [3.63, 3.8) is 0 Å². The summed E-state index contributed by atoms with van der Waals surface area (Å²) in [5.41, 5.74) is 0. The molecule has 2 fully saturated rings. The van der Waals surface area contributed by atoms with Crippen LogP contribution in [0.15, 0.2) is 17.1 Å². The highest BCUT2D eigenvalue weighted by Crippen LogP contribution is 2.29. The molecule has 1 atom stereocenters. The highest BCUT2D eigenvalue weighted by molar-refractivity contribution is 14.0. The summed E-state index contributed by atoms with van der Waals surface area (Å²) in [7, 11) is 3.93. The summed E-state index contributed by atoms with van der Waals surface area (Å²) in [6.07, 6.45) is 2.67. The molecule has 0 radical (unpaired) electrons. The van der Waals surface area contributed by atoms with Crippen LogP contribution in [0.4, 0.5) is 0 Å². The second kappa shape index (κ2) is 12.3. The molecule has 0 amide bonds. The lowest BCUT2D eigenvalue weighted by Gasteiger charge is -2.35. The average Bonchev–Trinajstić information content (AvgIpc) is 3.42. The van der Waals surface area contributed by atoms with Gasteiger partial charge in [-0.1, -0.05) is 0 Å². The van der Waals surface area contributed by atoms with Crippen molar-refractivity contribution >= 4 is 41.3 Å². The zero-order chi connectivity index (χ0) is 19.1. The molecule has 0 spiro atoms. The Hall–Kier alpha value is -0.420. The number of likely N-dealkylation sites (N-methyl/N-ethyl adjacent to an activating group) is 1. The Bertz CT molecular complexity index is 603. The molecule has 1 aromatic heterocycles. The summed E-state index contributed by atoms with van der Waals surface area (Å²) in [6.45, 7) is 9.13. The third-order valence-electron chi connectivity index (χ3n) is 5.22. The summed E-state index contributed by atoms with van der Waals surface area (Å²) in [6, 6.07) is 4.83. The van der Waals surface area contributed by atoms with Crippen molar-refractivity contribution in [1.82, 2.24) is 15.1 Å². The van der Waals surface area contributed by atoms with Crippen LogP contribution in [0.1, 0.15) is 28.6 Å². The van der Waals surface area contributed by atoms with Gasteiger partial charge < -0.3 is 19.7 Å². The summed E-state index contributed by atoms with van der Waals surface area (Å²) in [5, 5.41) is 3.58. The first kappa shape index (κ1) is 23.9. The van der Waals surface area contributed by atoms with Crippen molar-refractivity contribution in [3.05, 3.63) is 21.9 Å². The molecular weight excluding hydrogens is 487 g/mol. The zero-order valence-corrected chi connectivity index (χ0v) is 20.5. The van der Waals surface area contributed by atoms with Gasteiger partial charge in [-0.2, -0.15) is 0 Å². The van der Waals surface area contributed by atoms with E-state index in [2.05, 4.69) is 46.2 Å². The van der Waals surface area contributed by atoms with Gasteiger partial charge in [0.05, 0.1) is 25.9 Å². The third-order valence-corrected chi connectivity index (χ3v) is 6.33. The Labute approximate surface area is 190 Å². The van der Waals surface area contributed by atoms with Crippen LogP contribution in [0.25, 0.3) is 0 Å². The number of nitrogens with zero attached hydrogens (tertiary/aromatic N) is 3. The van der Waals surface area contributed by atoms with E-state index in [-0.39, 0.29) is 24.0 Å². The Morgan fingerprint density at radius 2 is 2.14 bits per heavy atom. The largest absolute Gasteiger partial charge is 0.379 e. The molecule has 0 aromatic carbocycles. The van der Waals surface area contributed by atoms with Crippen LogP contribution < -0.4 is 5.32 Å². The Morgan fingerprint density at radius 1 is 1.39 bits per heavy atom. The fourth-order valence-corrected chi connectivity index (χ4v) is 4.36. The minimum atomic E-state index is 0. The van der Waals surface area contributed by atoms with Gasteiger partial charge in [0.15, 0.2) is 5.96 Å². The number of morpholine rings is 1. The first-order valence-corrected chi connectivity index (χ1v) is 10.9. The number of ether oxygens (including phenoxy) is 2. The number of rotatable bonds is 9. The third kappa shape index (κ3) is 7.44. The second-order valence-corrected chi connectivity index (χ2v) is 8.80. The van der Waals surface area contributed by atoms with Crippen LogP contribution in [0.2, 0.25) is 0 Å². The zero-order valence-electron chi connectivity index (χ0n) is 17.4. The van der Waals surface area contributed by atoms with Crippen molar-refractivity contribution in [2.45, 2.75) is 25.8 Å². The first-order valence-electron chi connectivity index (χ1n) is 10.0. The van der Waals surface area contributed by atoms with Gasteiger partial charge in [-0.15, -0.1) is 35.3 Å². The number of hydrogen-bond donors (Lipinski definition) is 1. The van der Waals surface area contributed by atoms with Crippen molar-refractivity contribution in [2.24, 2.45) is 10.9 Å². The molecule has 160 valence electrons. The summed E-state index contributed by atoms with van der Waals surface area (Å²) < 4.78 is 11.3. The molecular formula is C20H35IN4O2S.